The molecule has 1 unspecified atom stereocenters. The van der Waals surface area contributed by atoms with E-state index in [0.717, 1.165) is 21.3 Å². The van der Waals surface area contributed by atoms with Crippen LogP contribution in [-0.2, 0) is 11.8 Å². The molecule has 5 nitrogen and oxygen atoms in total. The van der Waals surface area contributed by atoms with E-state index in [0.29, 0.717) is 0 Å². The van der Waals surface area contributed by atoms with Crippen molar-refractivity contribution in [3.05, 3.63) is 46.2 Å². The van der Waals surface area contributed by atoms with Crippen molar-refractivity contribution in [1.29, 1.82) is 0 Å². The van der Waals surface area contributed by atoms with Gasteiger partial charge in [0, 0.05) is 29.0 Å². The van der Waals surface area contributed by atoms with Gasteiger partial charge in [-0.3, -0.25) is 9.48 Å². The molecule has 0 radical (unpaired) electrons. The van der Waals surface area contributed by atoms with Gasteiger partial charge in [0.25, 0.3) is 0 Å². The highest BCUT2D eigenvalue weighted by molar-refractivity contribution is 9.10. The number of amides is 1. The van der Waals surface area contributed by atoms with Crippen molar-refractivity contribution in [3.8, 4) is 0 Å². The van der Waals surface area contributed by atoms with E-state index in [9.17, 15) is 4.79 Å². The van der Waals surface area contributed by atoms with Gasteiger partial charge in [-0.25, -0.2) is 0 Å². The topological polar surface area (TPSA) is 59.0 Å². The predicted molar refractivity (Wildman–Crippen MR) is 89.8 cm³/mol. The molecule has 1 aromatic carbocycles. The van der Waals surface area contributed by atoms with Gasteiger partial charge in [0.2, 0.25) is 5.91 Å². The molecule has 0 bridgehead atoms. The average molecular weight is 374 g/mol. The summed E-state index contributed by atoms with van der Waals surface area (Å²) in [4.78, 5) is 12.3. The molecule has 1 atom stereocenters. The number of carbonyl (C=O) groups excluding carboxylic acids is 1. The summed E-state index contributed by atoms with van der Waals surface area (Å²) in [6.45, 7) is 1.98. The standard InChI is InChI=1S/C14H17BrN4O.ClH/c1-9-6-11(4-5-12(9)15)18-14(20)13(16-2)10-7-17-19(3)8-10;/h4-8,13,16H,1-3H3,(H,18,20);1H. The highest BCUT2D eigenvalue weighted by atomic mass is 79.9. The van der Waals surface area contributed by atoms with Gasteiger partial charge >= 0.3 is 0 Å². The van der Waals surface area contributed by atoms with Crippen LogP contribution in [0.15, 0.2) is 35.1 Å². The smallest absolute Gasteiger partial charge is 0.246 e. The lowest BCUT2D eigenvalue weighted by molar-refractivity contribution is -0.118. The van der Waals surface area contributed by atoms with Crippen LogP contribution in [0, 0.1) is 6.92 Å². The molecule has 1 amide bonds. The molecule has 2 rings (SSSR count). The number of nitrogens with zero attached hydrogens (tertiary/aromatic N) is 2. The van der Waals surface area contributed by atoms with E-state index in [-0.39, 0.29) is 18.3 Å². The largest absolute Gasteiger partial charge is 0.324 e. The minimum Gasteiger partial charge on any atom is -0.324 e. The predicted octanol–water partition coefficient (Wildman–Crippen LogP) is 2.81. The van der Waals surface area contributed by atoms with E-state index < -0.39 is 6.04 Å². The quantitative estimate of drug-likeness (QED) is 0.866. The third-order valence-electron chi connectivity index (χ3n) is 3.03. The van der Waals surface area contributed by atoms with Crippen LogP contribution in [0.2, 0.25) is 0 Å². The number of likely N-dealkylation sites (N-methyl/N-ethyl adjacent to an activating group) is 1. The third-order valence-corrected chi connectivity index (χ3v) is 3.92. The van der Waals surface area contributed by atoms with E-state index >= 15 is 0 Å². The van der Waals surface area contributed by atoms with Gasteiger partial charge < -0.3 is 10.6 Å². The summed E-state index contributed by atoms with van der Waals surface area (Å²) >= 11 is 3.44. The number of halogens is 2. The Morgan fingerprint density at radius 3 is 2.67 bits per heavy atom. The van der Waals surface area contributed by atoms with Crippen molar-refractivity contribution in [2.75, 3.05) is 12.4 Å². The number of nitrogens with one attached hydrogen (secondary N) is 2. The molecule has 21 heavy (non-hydrogen) atoms. The molecule has 0 aliphatic heterocycles. The SMILES string of the molecule is CNC(C(=O)Nc1ccc(Br)c(C)c1)c1cnn(C)c1.Cl. The zero-order valence-electron chi connectivity index (χ0n) is 12.1. The molecule has 1 aromatic heterocycles. The van der Waals surface area contributed by atoms with Crippen LogP contribution in [-0.4, -0.2) is 22.7 Å². The molecule has 114 valence electrons. The Morgan fingerprint density at radius 2 is 2.14 bits per heavy atom. The lowest BCUT2D eigenvalue weighted by atomic mass is 10.1. The zero-order valence-corrected chi connectivity index (χ0v) is 14.5. The fraction of sp³-hybridized carbons (Fsp3) is 0.286. The van der Waals surface area contributed by atoms with Gasteiger partial charge in [-0.05, 0) is 37.7 Å². The van der Waals surface area contributed by atoms with Crippen molar-refractivity contribution in [1.82, 2.24) is 15.1 Å². The Balaban J connectivity index is 0.00000220. The van der Waals surface area contributed by atoms with Gasteiger partial charge in [0.15, 0.2) is 0 Å². The average Bonchev–Trinajstić information content (AvgIpc) is 2.81. The van der Waals surface area contributed by atoms with Crippen LogP contribution in [0.3, 0.4) is 0 Å². The van der Waals surface area contributed by atoms with Crippen LogP contribution in [0.1, 0.15) is 17.2 Å². The Morgan fingerprint density at radius 1 is 1.43 bits per heavy atom. The van der Waals surface area contributed by atoms with Crippen molar-refractivity contribution in [2.45, 2.75) is 13.0 Å². The van der Waals surface area contributed by atoms with E-state index in [1.54, 1.807) is 17.9 Å². The number of benzene rings is 1. The van der Waals surface area contributed by atoms with Crippen molar-refractivity contribution < 1.29 is 4.79 Å². The Bertz CT molecular complexity index is 629. The van der Waals surface area contributed by atoms with Crippen molar-refractivity contribution >= 4 is 39.9 Å². The Hall–Kier alpha value is -1.37. The minimum atomic E-state index is -0.423. The molecule has 0 fully saturated rings. The fourth-order valence-corrected chi connectivity index (χ4v) is 2.22. The number of hydrogen-bond donors (Lipinski definition) is 2. The Kier molecular flexibility index (Phi) is 6.39. The zero-order chi connectivity index (χ0) is 14.7. The van der Waals surface area contributed by atoms with Gasteiger partial charge in [-0.15, -0.1) is 12.4 Å². The van der Waals surface area contributed by atoms with E-state index in [1.165, 1.54) is 0 Å². The summed E-state index contributed by atoms with van der Waals surface area (Å²) < 4.78 is 2.70. The van der Waals surface area contributed by atoms with Gasteiger partial charge in [-0.1, -0.05) is 15.9 Å². The van der Waals surface area contributed by atoms with Crippen molar-refractivity contribution in [2.24, 2.45) is 7.05 Å². The summed E-state index contributed by atoms with van der Waals surface area (Å²) in [6.07, 6.45) is 3.52. The maximum absolute atomic E-state index is 12.3. The molecular formula is C14H18BrClN4O. The minimum absolute atomic E-state index is 0. The van der Waals surface area contributed by atoms with E-state index in [1.807, 2.05) is 38.4 Å². The maximum atomic E-state index is 12.3. The van der Waals surface area contributed by atoms with E-state index in [2.05, 4.69) is 31.7 Å². The molecule has 0 spiro atoms. The number of anilines is 1. The van der Waals surface area contributed by atoms with Crippen molar-refractivity contribution in [3.63, 3.8) is 0 Å². The first-order valence-electron chi connectivity index (χ1n) is 6.24. The molecule has 2 aromatic rings. The normalized spacial score (nSPS) is 11.6. The Labute approximate surface area is 138 Å². The molecule has 0 saturated heterocycles. The highest BCUT2D eigenvalue weighted by Gasteiger charge is 2.20. The van der Waals surface area contributed by atoms with Gasteiger partial charge in [0.05, 0.1) is 6.20 Å². The molecule has 2 N–H and O–H groups in total. The molecule has 0 aliphatic rings. The van der Waals surface area contributed by atoms with Gasteiger partial charge in [0.1, 0.15) is 6.04 Å². The lowest BCUT2D eigenvalue weighted by Gasteiger charge is -2.15. The summed E-state index contributed by atoms with van der Waals surface area (Å²) in [5.41, 5.74) is 2.69. The lowest BCUT2D eigenvalue weighted by Crippen LogP contribution is -2.30. The number of hydrogen-bond acceptors (Lipinski definition) is 3. The second-order valence-electron chi connectivity index (χ2n) is 4.62. The first-order chi connectivity index (χ1) is 9.51. The first-order valence-corrected chi connectivity index (χ1v) is 7.03. The number of carbonyl (C=O) groups is 1. The molecule has 7 heteroatoms. The molecule has 0 saturated carbocycles. The number of aryl methyl sites for hydroxylation is 2. The molecule has 0 aliphatic carbocycles. The monoisotopic (exact) mass is 372 g/mol. The highest BCUT2D eigenvalue weighted by Crippen LogP contribution is 2.21. The molecular weight excluding hydrogens is 356 g/mol. The summed E-state index contributed by atoms with van der Waals surface area (Å²) in [5, 5.41) is 10.0. The fourth-order valence-electron chi connectivity index (χ4n) is 1.98. The molecule has 1 heterocycles. The van der Waals surface area contributed by atoms with Gasteiger partial charge in [-0.2, -0.15) is 5.10 Å². The summed E-state index contributed by atoms with van der Waals surface area (Å²) in [5.74, 6) is -0.109. The first kappa shape index (κ1) is 17.7. The third kappa shape index (κ3) is 4.30. The van der Waals surface area contributed by atoms with Crippen LogP contribution < -0.4 is 10.6 Å². The summed E-state index contributed by atoms with van der Waals surface area (Å²) in [6, 6.07) is 5.29. The van der Waals surface area contributed by atoms with E-state index in [4.69, 9.17) is 0 Å². The van der Waals surface area contributed by atoms with Crippen LogP contribution in [0.25, 0.3) is 0 Å². The van der Waals surface area contributed by atoms with Crippen LogP contribution in [0.4, 0.5) is 5.69 Å². The number of rotatable bonds is 4. The van der Waals surface area contributed by atoms with Crippen LogP contribution in [0.5, 0.6) is 0 Å². The number of aromatic nitrogens is 2. The second kappa shape index (κ2) is 7.59. The summed E-state index contributed by atoms with van der Waals surface area (Å²) in [7, 11) is 3.58. The second-order valence-corrected chi connectivity index (χ2v) is 5.48. The van der Waals surface area contributed by atoms with Crippen LogP contribution >= 0.6 is 28.3 Å². The maximum Gasteiger partial charge on any atom is 0.246 e.